The molecule has 1 fully saturated rings. The summed E-state index contributed by atoms with van der Waals surface area (Å²) in [6.07, 6.45) is 6.67. The fourth-order valence-corrected chi connectivity index (χ4v) is 3.89. The van der Waals surface area contributed by atoms with Gasteiger partial charge in [-0.05, 0) is 31.0 Å². The van der Waals surface area contributed by atoms with Crippen molar-refractivity contribution in [2.45, 2.75) is 37.4 Å². The molecule has 1 aliphatic carbocycles. The molecule has 0 aliphatic heterocycles. The number of aromatic nitrogens is 2. The minimum absolute atomic E-state index is 0.790. The molecule has 1 heterocycles. The summed E-state index contributed by atoms with van der Waals surface area (Å²) in [4.78, 5) is 7.95. The van der Waals surface area contributed by atoms with Crippen LogP contribution in [0.2, 0.25) is 0 Å². The van der Waals surface area contributed by atoms with Crippen molar-refractivity contribution in [2.24, 2.45) is 0 Å². The van der Waals surface area contributed by atoms with E-state index in [0.29, 0.717) is 0 Å². The Hall–Kier alpha value is -1.16. The van der Waals surface area contributed by atoms with Crippen LogP contribution in [-0.2, 0) is 6.42 Å². The number of aromatic amines is 1. The first-order chi connectivity index (χ1) is 8.81. The molecule has 1 aromatic heterocycles. The van der Waals surface area contributed by atoms with Crippen LogP contribution in [0.3, 0.4) is 0 Å². The first-order valence-electron chi connectivity index (χ1n) is 6.67. The molecule has 0 unspecified atom stereocenters. The van der Waals surface area contributed by atoms with E-state index in [1.807, 2.05) is 18.2 Å². The van der Waals surface area contributed by atoms with Crippen LogP contribution >= 0.6 is 11.8 Å². The summed E-state index contributed by atoms with van der Waals surface area (Å²) in [7, 11) is 0. The van der Waals surface area contributed by atoms with Crippen molar-refractivity contribution in [1.82, 2.24) is 9.97 Å². The largest absolute Gasteiger partial charge is 0.399 e. The van der Waals surface area contributed by atoms with E-state index in [0.717, 1.165) is 34.2 Å². The highest BCUT2D eigenvalue weighted by atomic mass is 32.2. The number of anilines is 1. The molecule has 0 spiro atoms. The normalized spacial score (nSPS) is 16.7. The summed E-state index contributed by atoms with van der Waals surface area (Å²) in [6.45, 7) is 0. The van der Waals surface area contributed by atoms with Gasteiger partial charge in [-0.25, -0.2) is 4.98 Å². The van der Waals surface area contributed by atoms with Gasteiger partial charge >= 0.3 is 0 Å². The second kappa shape index (κ2) is 5.22. The standard InChI is InChI=1S/C14H19N3S/c15-10-5-6-12-13(9-10)17-14(16-12)7-8-18-11-3-1-2-4-11/h5-6,9,11H,1-4,7-8,15H2,(H,16,17). The van der Waals surface area contributed by atoms with Crippen molar-refractivity contribution >= 4 is 28.5 Å². The number of hydrogen-bond acceptors (Lipinski definition) is 3. The Balaban J connectivity index is 1.60. The molecule has 0 radical (unpaired) electrons. The van der Waals surface area contributed by atoms with Crippen molar-refractivity contribution < 1.29 is 0 Å². The van der Waals surface area contributed by atoms with Crippen LogP contribution in [0.15, 0.2) is 18.2 Å². The highest BCUT2D eigenvalue weighted by Gasteiger charge is 2.15. The zero-order valence-corrected chi connectivity index (χ0v) is 11.3. The molecule has 0 atom stereocenters. The molecule has 2 aromatic rings. The van der Waals surface area contributed by atoms with Crippen molar-refractivity contribution in [3.05, 3.63) is 24.0 Å². The van der Waals surface area contributed by atoms with Gasteiger partial charge in [-0.3, -0.25) is 0 Å². The molecule has 3 nitrogen and oxygen atoms in total. The Bertz CT molecular complexity index is 529. The Morgan fingerprint density at radius 1 is 1.33 bits per heavy atom. The Morgan fingerprint density at radius 2 is 2.17 bits per heavy atom. The predicted octanol–water partition coefficient (Wildman–Crippen LogP) is 3.36. The van der Waals surface area contributed by atoms with Gasteiger partial charge in [0.1, 0.15) is 5.82 Å². The van der Waals surface area contributed by atoms with E-state index in [2.05, 4.69) is 21.7 Å². The second-order valence-corrected chi connectivity index (χ2v) is 6.40. The van der Waals surface area contributed by atoms with Crippen molar-refractivity contribution in [3.8, 4) is 0 Å². The molecule has 0 amide bonds. The smallest absolute Gasteiger partial charge is 0.108 e. The third-order valence-electron chi connectivity index (χ3n) is 3.55. The molecular formula is C14H19N3S. The van der Waals surface area contributed by atoms with Gasteiger partial charge in [0, 0.05) is 23.1 Å². The average Bonchev–Trinajstić information content (AvgIpc) is 2.97. The fraction of sp³-hybridized carbons (Fsp3) is 0.500. The first kappa shape index (κ1) is 11.9. The SMILES string of the molecule is Nc1ccc2nc(CCSC3CCCC3)[nH]c2c1. The van der Waals surface area contributed by atoms with Crippen molar-refractivity contribution in [3.63, 3.8) is 0 Å². The summed E-state index contributed by atoms with van der Waals surface area (Å²) in [5.74, 6) is 2.25. The Morgan fingerprint density at radius 3 is 3.00 bits per heavy atom. The van der Waals surface area contributed by atoms with E-state index in [1.165, 1.54) is 31.4 Å². The van der Waals surface area contributed by atoms with Gasteiger partial charge in [0.15, 0.2) is 0 Å². The first-order valence-corrected chi connectivity index (χ1v) is 7.72. The lowest BCUT2D eigenvalue weighted by molar-refractivity contribution is 0.886. The zero-order valence-electron chi connectivity index (χ0n) is 10.5. The lowest BCUT2D eigenvalue weighted by Crippen LogP contribution is -1.99. The topological polar surface area (TPSA) is 54.7 Å². The number of nitrogens with zero attached hydrogens (tertiary/aromatic N) is 1. The molecule has 3 rings (SSSR count). The molecule has 4 heteroatoms. The molecule has 1 saturated carbocycles. The minimum atomic E-state index is 0.790. The molecule has 0 saturated heterocycles. The summed E-state index contributed by atoms with van der Waals surface area (Å²) in [5.41, 5.74) is 8.62. The van der Waals surface area contributed by atoms with E-state index in [1.54, 1.807) is 0 Å². The Kier molecular flexibility index (Phi) is 3.46. The van der Waals surface area contributed by atoms with E-state index >= 15 is 0 Å². The number of benzene rings is 1. The number of H-pyrrole nitrogens is 1. The van der Waals surface area contributed by atoms with Gasteiger partial charge in [-0.15, -0.1) is 0 Å². The van der Waals surface area contributed by atoms with Gasteiger partial charge in [0.05, 0.1) is 11.0 Å². The summed E-state index contributed by atoms with van der Waals surface area (Å²) in [5, 5.41) is 0.894. The molecule has 96 valence electrons. The maximum Gasteiger partial charge on any atom is 0.108 e. The summed E-state index contributed by atoms with van der Waals surface area (Å²) in [6, 6.07) is 5.84. The lowest BCUT2D eigenvalue weighted by Gasteiger charge is -2.06. The van der Waals surface area contributed by atoms with Crippen LogP contribution in [0.25, 0.3) is 11.0 Å². The number of rotatable bonds is 4. The fourth-order valence-electron chi connectivity index (χ4n) is 2.58. The van der Waals surface area contributed by atoms with Crippen LogP contribution in [0.4, 0.5) is 5.69 Å². The third kappa shape index (κ3) is 2.64. The van der Waals surface area contributed by atoms with E-state index in [4.69, 9.17) is 5.73 Å². The number of thioether (sulfide) groups is 1. The van der Waals surface area contributed by atoms with E-state index in [9.17, 15) is 0 Å². The van der Waals surface area contributed by atoms with E-state index in [-0.39, 0.29) is 0 Å². The van der Waals surface area contributed by atoms with Crippen LogP contribution in [0, 0.1) is 0 Å². The highest BCUT2D eigenvalue weighted by molar-refractivity contribution is 7.99. The zero-order chi connectivity index (χ0) is 12.4. The molecular weight excluding hydrogens is 242 g/mol. The average molecular weight is 261 g/mol. The minimum Gasteiger partial charge on any atom is -0.399 e. The second-order valence-electron chi connectivity index (χ2n) is 4.99. The van der Waals surface area contributed by atoms with Gasteiger partial charge < -0.3 is 10.7 Å². The van der Waals surface area contributed by atoms with E-state index < -0.39 is 0 Å². The maximum atomic E-state index is 5.76. The number of imidazole rings is 1. The molecule has 3 N–H and O–H groups in total. The Labute approximate surface area is 112 Å². The number of fused-ring (bicyclic) bond motifs is 1. The maximum absolute atomic E-state index is 5.76. The van der Waals surface area contributed by atoms with Crippen LogP contribution in [0.1, 0.15) is 31.5 Å². The van der Waals surface area contributed by atoms with Crippen LogP contribution in [0.5, 0.6) is 0 Å². The monoisotopic (exact) mass is 261 g/mol. The quantitative estimate of drug-likeness (QED) is 0.830. The number of nitrogens with two attached hydrogens (primary N) is 1. The molecule has 0 bridgehead atoms. The number of nitrogen functional groups attached to an aromatic ring is 1. The van der Waals surface area contributed by atoms with Crippen molar-refractivity contribution in [1.29, 1.82) is 0 Å². The molecule has 1 aliphatic rings. The lowest BCUT2D eigenvalue weighted by atomic mass is 10.3. The number of nitrogens with one attached hydrogen (secondary N) is 1. The van der Waals surface area contributed by atoms with Crippen molar-refractivity contribution in [2.75, 3.05) is 11.5 Å². The summed E-state index contributed by atoms with van der Waals surface area (Å²) < 4.78 is 0. The van der Waals surface area contributed by atoms with Gasteiger partial charge in [-0.2, -0.15) is 11.8 Å². The number of hydrogen-bond donors (Lipinski definition) is 2. The third-order valence-corrected chi connectivity index (χ3v) is 4.93. The number of aryl methyl sites for hydroxylation is 1. The van der Waals surface area contributed by atoms with Crippen LogP contribution < -0.4 is 5.73 Å². The van der Waals surface area contributed by atoms with Crippen LogP contribution in [-0.4, -0.2) is 21.0 Å². The molecule has 1 aromatic carbocycles. The van der Waals surface area contributed by atoms with Gasteiger partial charge in [0.2, 0.25) is 0 Å². The van der Waals surface area contributed by atoms with Gasteiger partial charge in [0.25, 0.3) is 0 Å². The van der Waals surface area contributed by atoms with Gasteiger partial charge in [-0.1, -0.05) is 12.8 Å². The molecule has 18 heavy (non-hydrogen) atoms. The highest BCUT2D eigenvalue weighted by Crippen LogP contribution is 2.29. The summed E-state index contributed by atoms with van der Waals surface area (Å²) >= 11 is 2.11. The predicted molar refractivity (Wildman–Crippen MR) is 78.9 cm³/mol.